The molecule has 0 fully saturated rings. The van der Waals surface area contributed by atoms with E-state index in [0.29, 0.717) is 27.8 Å². The number of carboxylic acids is 1. The molecule has 0 radical (unpaired) electrons. The smallest absolute Gasteiger partial charge is 0.335 e. The molecule has 0 aliphatic heterocycles. The first kappa shape index (κ1) is 27.2. The molecule has 4 aromatic rings. The maximum atomic E-state index is 14.1. The van der Waals surface area contributed by atoms with Gasteiger partial charge in [-0.15, -0.1) is 0 Å². The summed E-state index contributed by atoms with van der Waals surface area (Å²) in [6, 6.07) is 16.2. The van der Waals surface area contributed by atoms with Gasteiger partial charge in [0.1, 0.15) is 30.4 Å². The molecule has 0 aliphatic carbocycles. The van der Waals surface area contributed by atoms with Gasteiger partial charge in [-0.2, -0.15) is 0 Å². The van der Waals surface area contributed by atoms with Crippen LogP contribution in [0.3, 0.4) is 0 Å². The van der Waals surface area contributed by atoms with Crippen molar-refractivity contribution in [2.24, 2.45) is 0 Å². The van der Waals surface area contributed by atoms with Crippen LogP contribution in [-0.4, -0.2) is 16.2 Å². The third-order valence-electron chi connectivity index (χ3n) is 5.64. The minimum atomic E-state index is -0.987. The van der Waals surface area contributed by atoms with E-state index in [1.165, 1.54) is 18.2 Å². The number of nitrogens with zero attached hydrogens (tertiary/aromatic N) is 1. The number of aromatic carboxylic acids is 1. The van der Waals surface area contributed by atoms with E-state index < -0.39 is 11.8 Å². The van der Waals surface area contributed by atoms with Gasteiger partial charge in [0, 0.05) is 5.92 Å². The van der Waals surface area contributed by atoms with Gasteiger partial charge in [-0.1, -0.05) is 72.6 Å². The zero-order chi connectivity index (χ0) is 27.2. The van der Waals surface area contributed by atoms with E-state index in [-0.39, 0.29) is 35.5 Å². The number of halogens is 3. The fraction of sp³-hybridized carbons (Fsp3) is 0.172. The molecule has 0 saturated carbocycles. The first-order valence-corrected chi connectivity index (χ1v) is 12.5. The predicted octanol–water partition coefficient (Wildman–Crippen LogP) is 8.27. The number of para-hydroxylation sites is 1. The van der Waals surface area contributed by atoms with Gasteiger partial charge in [-0.3, -0.25) is 0 Å². The Hall–Kier alpha value is -3.81. The standard InChI is InChI=1S/C29H24Cl2FNO5/c1-17(2)27-22(26(33-38-27)16-37-28-23(30)7-4-8-25(28)32)15-36-21-12-11-19(24(31)14-21)10-9-18-5-3-6-20(13-18)29(34)35/h3-14,17H,15-16H2,1-2H3,(H,34,35)/b10-9+. The van der Waals surface area contributed by atoms with Crippen molar-refractivity contribution in [3.63, 3.8) is 0 Å². The molecule has 3 aromatic carbocycles. The van der Waals surface area contributed by atoms with Crippen molar-refractivity contribution < 1.29 is 28.3 Å². The van der Waals surface area contributed by atoms with Crippen LogP contribution in [0.5, 0.6) is 11.5 Å². The SMILES string of the molecule is CC(C)c1onc(COc2c(F)cccc2Cl)c1COc1ccc(/C=C/c2cccc(C(=O)O)c2)c(Cl)c1. The largest absolute Gasteiger partial charge is 0.489 e. The first-order valence-electron chi connectivity index (χ1n) is 11.7. The molecule has 6 nitrogen and oxygen atoms in total. The second kappa shape index (κ2) is 12.2. The number of carbonyl (C=O) groups is 1. The molecule has 0 bridgehead atoms. The zero-order valence-corrected chi connectivity index (χ0v) is 22.1. The summed E-state index contributed by atoms with van der Waals surface area (Å²) in [5.41, 5.74) is 2.86. The van der Waals surface area contributed by atoms with Crippen molar-refractivity contribution in [2.75, 3.05) is 0 Å². The lowest BCUT2D eigenvalue weighted by atomic mass is 10.1. The fourth-order valence-corrected chi connectivity index (χ4v) is 4.14. The summed E-state index contributed by atoms with van der Waals surface area (Å²) in [5.74, 6) is -0.416. The van der Waals surface area contributed by atoms with Crippen molar-refractivity contribution in [3.05, 3.63) is 110 Å². The van der Waals surface area contributed by atoms with Crippen LogP contribution in [0.2, 0.25) is 10.0 Å². The summed E-state index contributed by atoms with van der Waals surface area (Å²) in [5, 5.41) is 13.9. The van der Waals surface area contributed by atoms with Gasteiger partial charge in [0.15, 0.2) is 11.6 Å². The highest BCUT2D eigenvalue weighted by atomic mass is 35.5. The molecule has 0 spiro atoms. The monoisotopic (exact) mass is 555 g/mol. The average molecular weight is 556 g/mol. The van der Waals surface area contributed by atoms with Crippen LogP contribution in [-0.2, 0) is 13.2 Å². The summed E-state index contributed by atoms with van der Waals surface area (Å²) >= 11 is 12.5. The molecule has 0 amide bonds. The lowest BCUT2D eigenvalue weighted by molar-refractivity contribution is 0.0697. The van der Waals surface area contributed by atoms with Crippen LogP contribution in [0.25, 0.3) is 12.2 Å². The number of hydrogen-bond donors (Lipinski definition) is 1. The van der Waals surface area contributed by atoms with Gasteiger partial charge in [0.2, 0.25) is 0 Å². The third-order valence-corrected chi connectivity index (χ3v) is 6.27. The minimum absolute atomic E-state index is 0.0302. The molecule has 38 heavy (non-hydrogen) atoms. The molecule has 0 saturated heterocycles. The van der Waals surface area contributed by atoms with Crippen LogP contribution in [0.15, 0.2) is 65.2 Å². The van der Waals surface area contributed by atoms with Gasteiger partial charge < -0.3 is 19.1 Å². The Kier molecular flexibility index (Phi) is 8.71. The second-order valence-electron chi connectivity index (χ2n) is 8.70. The Balaban J connectivity index is 1.47. The Morgan fingerprint density at radius 1 is 1.03 bits per heavy atom. The number of aromatic nitrogens is 1. The number of benzene rings is 3. The van der Waals surface area contributed by atoms with Crippen LogP contribution in [0.1, 0.15) is 58.3 Å². The van der Waals surface area contributed by atoms with Gasteiger partial charge in [-0.25, -0.2) is 9.18 Å². The van der Waals surface area contributed by atoms with E-state index >= 15 is 0 Å². The highest BCUT2D eigenvalue weighted by molar-refractivity contribution is 6.32. The Morgan fingerprint density at radius 2 is 1.82 bits per heavy atom. The Bertz CT molecular complexity index is 1460. The average Bonchev–Trinajstić information content (AvgIpc) is 3.30. The van der Waals surface area contributed by atoms with Crippen molar-refractivity contribution in [2.45, 2.75) is 33.0 Å². The number of ether oxygens (including phenoxy) is 2. The van der Waals surface area contributed by atoms with E-state index in [9.17, 15) is 9.18 Å². The molecule has 0 atom stereocenters. The van der Waals surface area contributed by atoms with Gasteiger partial charge in [0.05, 0.1) is 21.2 Å². The summed E-state index contributed by atoms with van der Waals surface area (Å²) in [4.78, 5) is 11.2. The molecule has 1 N–H and O–H groups in total. The van der Waals surface area contributed by atoms with Crippen LogP contribution >= 0.6 is 23.2 Å². The van der Waals surface area contributed by atoms with Crippen LogP contribution < -0.4 is 9.47 Å². The van der Waals surface area contributed by atoms with E-state index in [1.807, 2.05) is 13.8 Å². The summed E-state index contributed by atoms with van der Waals surface area (Å²) in [6.45, 7) is 4.01. The molecular weight excluding hydrogens is 532 g/mol. The van der Waals surface area contributed by atoms with Crippen molar-refractivity contribution in [1.82, 2.24) is 5.16 Å². The highest BCUT2D eigenvalue weighted by Crippen LogP contribution is 2.31. The number of carboxylic acid groups (broad SMARTS) is 1. The molecular formula is C29H24Cl2FNO5. The van der Waals surface area contributed by atoms with Gasteiger partial charge in [-0.05, 0) is 53.6 Å². The summed E-state index contributed by atoms with van der Waals surface area (Å²) in [6.07, 6.45) is 3.58. The Labute approximate surface area is 229 Å². The molecule has 0 aliphatic rings. The molecule has 0 unspecified atom stereocenters. The van der Waals surface area contributed by atoms with E-state index in [2.05, 4.69) is 5.16 Å². The molecule has 9 heteroatoms. The quantitative estimate of drug-likeness (QED) is 0.198. The number of hydrogen-bond acceptors (Lipinski definition) is 5. The molecule has 1 aromatic heterocycles. The topological polar surface area (TPSA) is 81.8 Å². The van der Waals surface area contributed by atoms with E-state index in [4.69, 9.17) is 42.3 Å². The maximum absolute atomic E-state index is 14.1. The fourth-order valence-electron chi connectivity index (χ4n) is 3.69. The number of rotatable bonds is 10. The first-order chi connectivity index (χ1) is 18.2. The molecule has 196 valence electrons. The lowest BCUT2D eigenvalue weighted by Crippen LogP contribution is -2.06. The van der Waals surface area contributed by atoms with Crippen molar-refractivity contribution >= 4 is 41.3 Å². The van der Waals surface area contributed by atoms with Crippen LogP contribution in [0, 0.1) is 5.82 Å². The normalized spacial score (nSPS) is 11.3. The van der Waals surface area contributed by atoms with Crippen LogP contribution in [0.4, 0.5) is 4.39 Å². The predicted molar refractivity (Wildman–Crippen MR) is 144 cm³/mol. The van der Waals surface area contributed by atoms with E-state index in [1.54, 1.807) is 54.6 Å². The summed E-state index contributed by atoms with van der Waals surface area (Å²) in [7, 11) is 0. The zero-order valence-electron chi connectivity index (χ0n) is 20.6. The Morgan fingerprint density at radius 3 is 2.53 bits per heavy atom. The molecule has 4 rings (SSSR count). The molecule has 1 heterocycles. The van der Waals surface area contributed by atoms with Crippen molar-refractivity contribution in [1.29, 1.82) is 0 Å². The third kappa shape index (κ3) is 6.54. The highest BCUT2D eigenvalue weighted by Gasteiger charge is 2.21. The minimum Gasteiger partial charge on any atom is -0.489 e. The maximum Gasteiger partial charge on any atom is 0.335 e. The van der Waals surface area contributed by atoms with Crippen molar-refractivity contribution in [3.8, 4) is 11.5 Å². The second-order valence-corrected chi connectivity index (χ2v) is 9.52. The lowest BCUT2D eigenvalue weighted by Gasteiger charge is -2.11. The van der Waals surface area contributed by atoms with E-state index in [0.717, 1.165) is 11.1 Å². The van der Waals surface area contributed by atoms with Gasteiger partial charge >= 0.3 is 5.97 Å². The summed E-state index contributed by atoms with van der Waals surface area (Å²) < 4.78 is 31.2. The van der Waals surface area contributed by atoms with Gasteiger partial charge in [0.25, 0.3) is 0 Å².